The lowest BCUT2D eigenvalue weighted by Crippen LogP contribution is -2.04. The van der Waals surface area contributed by atoms with Crippen molar-refractivity contribution in [3.8, 4) is 0 Å². The molecule has 0 aliphatic carbocycles. The van der Waals surface area contributed by atoms with Crippen molar-refractivity contribution in [2.75, 3.05) is 0 Å². The molecule has 0 spiro atoms. The molecule has 0 fully saturated rings. The molecule has 8 nitrogen and oxygen atoms in total. The fourth-order valence-electron chi connectivity index (χ4n) is 1.29. The molecule has 91 valence electrons. The third-order valence-corrected chi connectivity index (χ3v) is 3.70. The van der Waals surface area contributed by atoms with Gasteiger partial charge in [0.2, 0.25) is 0 Å². The highest BCUT2D eigenvalue weighted by Crippen LogP contribution is 2.24. The molecule has 0 atom stereocenters. The fraction of sp³-hybridized carbons (Fsp3) is 0. The Balaban J connectivity index is 2.96. The molecule has 0 aliphatic heterocycles. The second kappa shape index (κ2) is 3.50. The minimum atomic E-state index is -4.65. The molecule has 1 heterocycles. The number of hydrogen-bond acceptors (Lipinski definition) is 5. The number of aromatic nitrogens is 2. The predicted octanol–water partition coefficient (Wildman–Crippen LogP) is -0.144. The average Bonchev–Trinajstić information content (AvgIpc) is 2.59. The van der Waals surface area contributed by atoms with Crippen molar-refractivity contribution in [1.29, 1.82) is 0 Å². The van der Waals surface area contributed by atoms with E-state index in [0.29, 0.717) is 6.07 Å². The van der Waals surface area contributed by atoms with Gasteiger partial charge in [0.05, 0.1) is 15.9 Å². The highest BCUT2D eigenvalue weighted by atomic mass is 32.2. The molecular formula is C7H5N2O6S2. The maximum absolute atomic E-state index is 11.0. The topological polar surface area (TPSA) is 137 Å². The molecule has 3 N–H and O–H groups in total. The SMILES string of the molecule is O=S(=O)(O)c1cc(S(=O)(=O)O)c2[nH][c]nc2c1. The summed E-state index contributed by atoms with van der Waals surface area (Å²) in [6.45, 7) is 0. The summed E-state index contributed by atoms with van der Waals surface area (Å²) in [6, 6.07) is 1.57. The first kappa shape index (κ1) is 12.0. The van der Waals surface area contributed by atoms with Gasteiger partial charge in [0.25, 0.3) is 20.2 Å². The van der Waals surface area contributed by atoms with Crippen molar-refractivity contribution in [3.05, 3.63) is 18.5 Å². The second-order valence-corrected chi connectivity index (χ2v) is 5.93. The van der Waals surface area contributed by atoms with Crippen LogP contribution in [-0.4, -0.2) is 35.9 Å². The van der Waals surface area contributed by atoms with Gasteiger partial charge in [-0.2, -0.15) is 16.8 Å². The maximum atomic E-state index is 11.0. The van der Waals surface area contributed by atoms with Crippen LogP contribution < -0.4 is 0 Å². The summed E-state index contributed by atoms with van der Waals surface area (Å²) < 4.78 is 61.7. The Morgan fingerprint density at radius 2 is 1.76 bits per heavy atom. The van der Waals surface area contributed by atoms with E-state index in [1.54, 1.807) is 0 Å². The lowest BCUT2D eigenvalue weighted by Gasteiger charge is -2.02. The number of hydrogen-bond donors (Lipinski definition) is 3. The lowest BCUT2D eigenvalue weighted by molar-refractivity contribution is 0.482. The van der Waals surface area contributed by atoms with Crippen molar-refractivity contribution in [2.45, 2.75) is 9.79 Å². The van der Waals surface area contributed by atoms with Crippen LogP contribution in [-0.2, 0) is 20.2 Å². The van der Waals surface area contributed by atoms with Crippen LogP contribution >= 0.6 is 0 Å². The smallest absolute Gasteiger partial charge is 0.296 e. The second-order valence-electron chi connectivity index (χ2n) is 3.11. The van der Waals surface area contributed by atoms with E-state index in [1.165, 1.54) is 0 Å². The number of H-pyrrole nitrogens is 1. The molecule has 0 aliphatic rings. The van der Waals surface area contributed by atoms with E-state index in [2.05, 4.69) is 16.3 Å². The van der Waals surface area contributed by atoms with E-state index in [1.807, 2.05) is 0 Å². The molecule has 1 aromatic carbocycles. The molecule has 0 bridgehead atoms. The highest BCUT2D eigenvalue weighted by Gasteiger charge is 2.21. The Hall–Kier alpha value is -1.49. The standard InChI is InChI=1S/C7H5N2O6S2/c10-16(11,12)4-1-5-7(9-3-8-5)6(2-4)17(13,14)15/h1-2H,(H,8,9)(H,10,11,12)(H,13,14,15). The summed E-state index contributed by atoms with van der Waals surface area (Å²) in [5.41, 5.74) is -0.160. The molecule has 2 aromatic rings. The first-order valence-corrected chi connectivity index (χ1v) is 6.92. The van der Waals surface area contributed by atoms with Gasteiger partial charge in [-0.15, -0.1) is 0 Å². The molecule has 0 unspecified atom stereocenters. The van der Waals surface area contributed by atoms with E-state index in [0.717, 1.165) is 6.07 Å². The summed E-state index contributed by atoms with van der Waals surface area (Å²) in [5.74, 6) is 0. The minimum Gasteiger partial charge on any atom is -0.334 e. The highest BCUT2D eigenvalue weighted by molar-refractivity contribution is 7.86. The molecule has 10 heteroatoms. The summed E-state index contributed by atoms with van der Waals surface area (Å²) in [7, 11) is -9.25. The minimum absolute atomic E-state index is 0.0623. The Morgan fingerprint density at radius 1 is 1.12 bits per heavy atom. The molecular weight excluding hydrogens is 272 g/mol. The zero-order chi connectivity index (χ0) is 12.8. The summed E-state index contributed by atoms with van der Waals surface area (Å²) in [5, 5.41) is 0. The zero-order valence-corrected chi connectivity index (χ0v) is 9.58. The van der Waals surface area contributed by atoms with Gasteiger partial charge in [0, 0.05) is 0 Å². The van der Waals surface area contributed by atoms with Crippen molar-refractivity contribution in [3.63, 3.8) is 0 Å². The Bertz CT molecular complexity index is 789. The number of benzene rings is 1. The van der Waals surface area contributed by atoms with Gasteiger partial charge in [0.15, 0.2) is 6.33 Å². The fourth-order valence-corrected chi connectivity index (χ4v) is 2.58. The third-order valence-electron chi connectivity index (χ3n) is 1.99. The van der Waals surface area contributed by atoms with Crippen LogP contribution in [0.5, 0.6) is 0 Å². The number of aromatic amines is 1. The summed E-state index contributed by atoms with van der Waals surface area (Å²) >= 11 is 0. The van der Waals surface area contributed by atoms with E-state index in [-0.39, 0.29) is 11.0 Å². The number of nitrogens with zero attached hydrogens (tertiary/aromatic N) is 1. The normalized spacial score (nSPS) is 13.1. The van der Waals surface area contributed by atoms with Crippen LogP contribution in [0.4, 0.5) is 0 Å². The van der Waals surface area contributed by atoms with Gasteiger partial charge in [-0.05, 0) is 12.1 Å². The molecule has 17 heavy (non-hydrogen) atoms. The van der Waals surface area contributed by atoms with Crippen LogP contribution in [0, 0.1) is 6.33 Å². The van der Waals surface area contributed by atoms with Gasteiger partial charge >= 0.3 is 0 Å². The first-order chi connectivity index (χ1) is 7.69. The Morgan fingerprint density at radius 3 is 2.29 bits per heavy atom. The largest absolute Gasteiger partial charge is 0.334 e. The molecule has 0 saturated heterocycles. The van der Waals surface area contributed by atoms with E-state index in [4.69, 9.17) is 9.11 Å². The van der Waals surface area contributed by atoms with Gasteiger partial charge in [-0.3, -0.25) is 9.11 Å². The van der Waals surface area contributed by atoms with Gasteiger partial charge in [-0.25, -0.2) is 4.98 Å². The monoisotopic (exact) mass is 277 g/mol. The van der Waals surface area contributed by atoms with Crippen LogP contribution in [0.3, 0.4) is 0 Å². The molecule has 0 saturated carbocycles. The van der Waals surface area contributed by atoms with Crippen LogP contribution in [0.2, 0.25) is 0 Å². The Labute approximate surface area is 95.8 Å². The summed E-state index contributed by atoms with van der Waals surface area (Å²) in [4.78, 5) is 4.48. The maximum Gasteiger partial charge on any atom is 0.296 e. The van der Waals surface area contributed by atoms with Gasteiger partial charge in [0.1, 0.15) is 4.90 Å². The number of fused-ring (bicyclic) bond motifs is 1. The quantitative estimate of drug-likeness (QED) is 0.649. The number of nitrogens with one attached hydrogen (secondary N) is 1. The van der Waals surface area contributed by atoms with Crippen molar-refractivity contribution in [2.24, 2.45) is 0 Å². The third kappa shape index (κ3) is 2.15. The van der Waals surface area contributed by atoms with Gasteiger partial charge in [-0.1, -0.05) is 0 Å². The van der Waals surface area contributed by atoms with Crippen molar-refractivity contribution >= 4 is 31.3 Å². The molecule has 0 amide bonds. The lowest BCUT2D eigenvalue weighted by atomic mass is 10.3. The number of rotatable bonds is 2. The van der Waals surface area contributed by atoms with E-state index < -0.39 is 30.0 Å². The van der Waals surface area contributed by atoms with Crippen LogP contribution in [0.25, 0.3) is 11.0 Å². The Kier molecular flexibility index (Phi) is 2.47. The average molecular weight is 277 g/mol. The van der Waals surface area contributed by atoms with Crippen LogP contribution in [0.15, 0.2) is 21.9 Å². The van der Waals surface area contributed by atoms with Crippen molar-refractivity contribution < 1.29 is 25.9 Å². The molecule has 1 aromatic heterocycles. The van der Waals surface area contributed by atoms with E-state index in [9.17, 15) is 16.8 Å². The van der Waals surface area contributed by atoms with E-state index >= 15 is 0 Å². The summed E-state index contributed by atoms with van der Waals surface area (Å²) in [6.07, 6.45) is 2.20. The van der Waals surface area contributed by atoms with Gasteiger partial charge < -0.3 is 4.98 Å². The molecule has 1 radical (unpaired) electrons. The zero-order valence-electron chi connectivity index (χ0n) is 7.95. The van der Waals surface area contributed by atoms with Crippen molar-refractivity contribution in [1.82, 2.24) is 9.97 Å². The molecule has 2 rings (SSSR count). The number of imidazole rings is 1. The predicted molar refractivity (Wildman–Crippen MR) is 54.6 cm³/mol. The first-order valence-electron chi connectivity index (χ1n) is 4.04. The van der Waals surface area contributed by atoms with Crippen LogP contribution in [0.1, 0.15) is 0 Å².